The van der Waals surface area contributed by atoms with E-state index in [9.17, 15) is 0 Å². The van der Waals surface area contributed by atoms with Crippen molar-refractivity contribution in [3.8, 4) is 0 Å². The number of nitrogens with one attached hydrogen (secondary N) is 1. The van der Waals surface area contributed by atoms with Crippen molar-refractivity contribution in [1.82, 2.24) is 5.32 Å². The van der Waals surface area contributed by atoms with Crippen molar-refractivity contribution in [2.24, 2.45) is 22.2 Å². The summed E-state index contributed by atoms with van der Waals surface area (Å²) in [7, 11) is 0. The van der Waals surface area contributed by atoms with Crippen LogP contribution in [0, 0.1) is 0 Å². The highest BCUT2D eigenvalue weighted by molar-refractivity contribution is 5.54. The molecule has 0 aliphatic carbocycles. The van der Waals surface area contributed by atoms with Crippen LogP contribution in [0.5, 0.6) is 0 Å². The van der Waals surface area contributed by atoms with E-state index in [1.807, 2.05) is 19.9 Å². The van der Waals surface area contributed by atoms with Crippen LogP contribution >= 0.6 is 0 Å². The lowest BCUT2D eigenvalue weighted by Gasteiger charge is -2.27. The highest BCUT2D eigenvalue weighted by Gasteiger charge is 2.21. The molecule has 0 amide bonds. The SMILES string of the molecule is CC=NC1NC(N)=C(CC)C=C1C(N)N. The Labute approximate surface area is 90.1 Å². The summed E-state index contributed by atoms with van der Waals surface area (Å²) in [5.74, 6) is 0.650. The number of nitrogens with zero attached hydrogens (tertiary/aromatic N) is 1. The third-order valence-corrected chi connectivity index (χ3v) is 2.36. The number of nitrogens with two attached hydrogens (primary N) is 3. The molecule has 0 fully saturated rings. The number of rotatable bonds is 3. The first kappa shape index (κ1) is 11.7. The zero-order valence-corrected chi connectivity index (χ0v) is 9.20. The monoisotopic (exact) mass is 209 g/mol. The van der Waals surface area contributed by atoms with Gasteiger partial charge in [-0.3, -0.25) is 4.99 Å². The predicted octanol–water partition coefficient (Wildman–Crippen LogP) is -0.243. The molecule has 0 spiro atoms. The Hall–Kier alpha value is -1.33. The molecule has 1 aliphatic heterocycles. The quantitative estimate of drug-likeness (QED) is 0.380. The molecule has 7 N–H and O–H groups in total. The van der Waals surface area contributed by atoms with Gasteiger partial charge in [-0.25, -0.2) is 0 Å². The Morgan fingerprint density at radius 2 is 2.27 bits per heavy atom. The molecule has 1 heterocycles. The average molecular weight is 209 g/mol. The van der Waals surface area contributed by atoms with Crippen LogP contribution in [0.2, 0.25) is 0 Å². The molecule has 0 aromatic heterocycles. The Bertz CT molecular complexity index is 314. The van der Waals surface area contributed by atoms with Crippen LogP contribution in [0.4, 0.5) is 0 Å². The van der Waals surface area contributed by atoms with Crippen LogP contribution in [0.25, 0.3) is 0 Å². The first-order valence-corrected chi connectivity index (χ1v) is 5.05. The Kier molecular flexibility index (Phi) is 3.88. The normalized spacial score (nSPS) is 22.2. The number of hydrogen-bond acceptors (Lipinski definition) is 5. The lowest BCUT2D eigenvalue weighted by Crippen LogP contribution is -2.45. The van der Waals surface area contributed by atoms with Crippen LogP contribution in [-0.2, 0) is 0 Å². The summed E-state index contributed by atoms with van der Waals surface area (Å²) in [6.07, 6.45) is 3.75. The van der Waals surface area contributed by atoms with Crippen molar-refractivity contribution in [3.05, 3.63) is 23.0 Å². The van der Waals surface area contributed by atoms with Gasteiger partial charge in [0.2, 0.25) is 0 Å². The lowest BCUT2D eigenvalue weighted by molar-refractivity contribution is 0.589. The molecule has 1 atom stereocenters. The Morgan fingerprint density at radius 3 is 2.73 bits per heavy atom. The minimum absolute atomic E-state index is 0.231. The van der Waals surface area contributed by atoms with Crippen molar-refractivity contribution < 1.29 is 0 Å². The molecule has 1 rings (SSSR count). The van der Waals surface area contributed by atoms with Crippen LogP contribution in [0.1, 0.15) is 20.3 Å². The molecule has 84 valence electrons. The van der Waals surface area contributed by atoms with Gasteiger partial charge in [0.25, 0.3) is 0 Å². The number of dihydropyridines is 1. The van der Waals surface area contributed by atoms with Crippen LogP contribution in [0.15, 0.2) is 28.0 Å². The van der Waals surface area contributed by atoms with Gasteiger partial charge in [-0.05, 0) is 31.2 Å². The minimum Gasteiger partial charge on any atom is -0.385 e. The molecule has 1 aliphatic rings. The molecular formula is C10H19N5. The molecule has 0 aromatic rings. The van der Waals surface area contributed by atoms with Crippen LogP contribution in [-0.4, -0.2) is 18.5 Å². The summed E-state index contributed by atoms with van der Waals surface area (Å²) in [5.41, 5.74) is 19.1. The zero-order valence-electron chi connectivity index (χ0n) is 9.20. The number of allylic oxidation sites excluding steroid dienone is 2. The minimum atomic E-state index is -0.513. The highest BCUT2D eigenvalue weighted by Crippen LogP contribution is 2.18. The standard InChI is InChI=1S/C10H19N5/c1-3-6-5-7(8(11)12)10(14-4-2)15-9(6)13/h4-5,8,10,15H,3,11-13H2,1-2H3. The van der Waals surface area contributed by atoms with Gasteiger partial charge in [-0.15, -0.1) is 0 Å². The van der Waals surface area contributed by atoms with Gasteiger partial charge in [0.1, 0.15) is 12.0 Å². The summed E-state index contributed by atoms with van der Waals surface area (Å²) in [6, 6.07) is 0. The fourth-order valence-corrected chi connectivity index (χ4v) is 1.52. The molecule has 15 heavy (non-hydrogen) atoms. The second kappa shape index (κ2) is 4.95. The molecule has 0 saturated heterocycles. The molecule has 0 aromatic carbocycles. The molecule has 1 unspecified atom stereocenters. The van der Waals surface area contributed by atoms with Crippen molar-refractivity contribution in [1.29, 1.82) is 0 Å². The van der Waals surface area contributed by atoms with Crippen molar-refractivity contribution in [3.63, 3.8) is 0 Å². The highest BCUT2D eigenvalue weighted by atomic mass is 15.1. The molecule has 0 radical (unpaired) electrons. The van der Waals surface area contributed by atoms with E-state index in [1.54, 1.807) is 6.21 Å². The third kappa shape index (κ3) is 2.57. The smallest absolute Gasteiger partial charge is 0.144 e. The van der Waals surface area contributed by atoms with Gasteiger partial charge in [0.15, 0.2) is 0 Å². The van der Waals surface area contributed by atoms with Crippen molar-refractivity contribution in [2.45, 2.75) is 32.6 Å². The number of hydrogen-bond donors (Lipinski definition) is 4. The molecular weight excluding hydrogens is 190 g/mol. The first-order valence-electron chi connectivity index (χ1n) is 5.05. The topological polar surface area (TPSA) is 102 Å². The largest absolute Gasteiger partial charge is 0.385 e. The van der Waals surface area contributed by atoms with E-state index in [1.165, 1.54) is 0 Å². The molecule has 0 bridgehead atoms. The predicted molar refractivity (Wildman–Crippen MR) is 62.8 cm³/mol. The second-order valence-electron chi connectivity index (χ2n) is 3.42. The summed E-state index contributed by atoms with van der Waals surface area (Å²) < 4.78 is 0. The van der Waals surface area contributed by atoms with E-state index in [0.29, 0.717) is 5.82 Å². The van der Waals surface area contributed by atoms with E-state index in [2.05, 4.69) is 10.3 Å². The van der Waals surface area contributed by atoms with Gasteiger partial charge in [0.05, 0.1) is 6.17 Å². The van der Waals surface area contributed by atoms with Gasteiger partial charge >= 0.3 is 0 Å². The fourth-order valence-electron chi connectivity index (χ4n) is 1.52. The molecule has 5 nitrogen and oxygen atoms in total. The average Bonchev–Trinajstić information content (AvgIpc) is 2.18. The second-order valence-corrected chi connectivity index (χ2v) is 3.42. The third-order valence-electron chi connectivity index (χ3n) is 2.36. The van der Waals surface area contributed by atoms with E-state index in [0.717, 1.165) is 17.6 Å². The maximum atomic E-state index is 5.84. The summed E-state index contributed by atoms with van der Waals surface area (Å²) >= 11 is 0. The Balaban J connectivity index is 3.01. The zero-order chi connectivity index (χ0) is 11.4. The molecule has 5 heteroatoms. The first-order chi connectivity index (χ1) is 7.10. The van der Waals surface area contributed by atoms with Crippen molar-refractivity contribution >= 4 is 6.21 Å². The lowest BCUT2D eigenvalue weighted by atomic mass is 10.0. The number of aliphatic imine (C=N–C) groups is 1. The van der Waals surface area contributed by atoms with Gasteiger partial charge < -0.3 is 22.5 Å². The van der Waals surface area contributed by atoms with Gasteiger partial charge in [-0.2, -0.15) is 0 Å². The molecule has 0 saturated carbocycles. The van der Waals surface area contributed by atoms with E-state index >= 15 is 0 Å². The van der Waals surface area contributed by atoms with Gasteiger partial charge in [-0.1, -0.05) is 6.92 Å². The van der Waals surface area contributed by atoms with Crippen LogP contribution < -0.4 is 22.5 Å². The maximum Gasteiger partial charge on any atom is 0.144 e. The van der Waals surface area contributed by atoms with E-state index in [4.69, 9.17) is 17.2 Å². The Morgan fingerprint density at radius 1 is 1.60 bits per heavy atom. The van der Waals surface area contributed by atoms with Gasteiger partial charge in [0, 0.05) is 5.57 Å². The summed E-state index contributed by atoms with van der Waals surface area (Å²) in [6.45, 7) is 3.88. The summed E-state index contributed by atoms with van der Waals surface area (Å²) in [5, 5.41) is 3.08. The summed E-state index contributed by atoms with van der Waals surface area (Å²) in [4.78, 5) is 4.23. The fraction of sp³-hybridized carbons (Fsp3) is 0.500. The van der Waals surface area contributed by atoms with Crippen molar-refractivity contribution in [2.75, 3.05) is 0 Å². The van der Waals surface area contributed by atoms with E-state index in [-0.39, 0.29) is 6.17 Å². The van der Waals surface area contributed by atoms with E-state index < -0.39 is 6.17 Å². The maximum absolute atomic E-state index is 5.84. The van der Waals surface area contributed by atoms with Crippen LogP contribution in [0.3, 0.4) is 0 Å².